The zero-order valence-electron chi connectivity index (χ0n) is 9.93. The van der Waals surface area contributed by atoms with Gasteiger partial charge in [-0.1, -0.05) is 11.8 Å². The van der Waals surface area contributed by atoms with Crippen LogP contribution in [-0.2, 0) is 5.75 Å². The van der Waals surface area contributed by atoms with Crippen LogP contribution < -0.4 is 5.32 Å². The number of rotatable bonds is 5. The van der Waals surface area contributed by atoms with Crippen molar-refractivity contribution in [3.63, 3.8) is 0 Å². The number of furan rings is 1. The van der Waals surface area contributed by atoms with Crippen LogP contribution in [0.1, 0.15) is 18.2 Å². The second-order valence-electron chi connectivity index (χ2n) is 3.55. The van der Waals surface area contributed by atoms with E-state index in [0.717, 1.165) is 34.5 Å². The van der Waals surface area contributed by atoms with E-state index in [-0.39, 0.29) is 0 Å². The fraction of sp³-hybridized carbons (Fsp3) is 0.333. The van der Waals surface area contributed by atoms with Crippen molar-refractivity contribution < 1.29 is 4.42 Å². The Bertz CT molecular complexity index is 471. The predicted molar refractivity (Wildman–Crippen MR) is 69.2 cm³/mol. The highest BCUT2D eigenvalue weighted by Crippen LogP contribution is 2.26. The first-order valence-corrected chi connectivity index (χ1v) is 6.50. The minimum atomic E-state index is 0.788. The molecule has 2 aromatic rings. The molecule has 0 aromatic carbocycles. The molecule has 4 nitrogen and oxygen atoms in total. The fourth-order valence-corrected chi connectivity index (χ4v) is 2.34. The highest BCUT2D eigenvalue weighted by molar-refractivity contribution is 7.98. The van der Waals surface area contributed by atoms with Gasteiger partial charge in [0.05, 0.1) is 12.0 Å². The summed E-state index contributed by atoms with van der Waals surface area (Å²) in [5.41, 5.74) is 1.09. The smallest absolute Gasteiger partial charge is 0.133 e. The summed E-state index contributed by atoms with van der Waals surface area (Å²) < 4.78 is 5.29. The van der Waals surface area contributed by atoms with Gasteiger partial charge < -0.3 is 9.73 Å². The van der Waals surface area contributed by atoms with E-state index in [9.17, 15) is 0 Å². The molecule has 0 fully saturated rings. The van der Waals surface area contributed by atoms with Crippen LogP contribution in [0, 0.1) is 6.92 Å². The van der Waals surface area contributed by atoms with Gasteiger partial charge in [0, 0.05) is 12.1 Å². The van der Waals surface area contributed by atoms with Gasteiger partial charge in [0.15, 0.2) is 0 Å². The monoisotopic (exact) mass is 249 g/mol. The van der Waals surface area contributed by atoms with Crippen LogP contribution in [0.3, 0.4) is 0 Å². The van der Waals surface area contributed by atoms with Crippen molar-refractivity contribution in [3.8, 4) is 0 Å². The molecule has 0 bridgehead atoms. The topological polar surface area (TPSA) is 51.0 Å². The van der Waals surface area contributed by atoms with Crippen LogP contribution in [0.25, 0.3) is 0 Å². The van der Waals surface area contributed by atoms with E-state index >= 15 is 0 Å². The van der Waals surface area contributed by atoms with E-state index in [1.165, 1.54) is 0 Å². The third-order valence-electron chi connectivity index (χ3n) is 2.31. The third-order valence-corrected chi connectivity index (χ3v) is 3.43. The number of nitrogens with one attached hydrogen (secondary N) is 1. The molecule has 90 valence electrons. The highest BCUT2D eigenvalue weighted by Gasteiger charge is 2.07. The average molecular weight is 249 g/mol. The molecule has 0 unspecified atom stereocenters. The van der Waals surface area contributed by atoms with Crippen molar-refractivity contribution in [2.24, 2.45) is 0 Å². The van der Waals surface area contributed by atoms with Gasteiger partial charge in [-0.25, -0.2) is 9.97 Å². The van der Waals surface area contributed by atoms with Gasteiger partial charge in [-0.15, -0.1) is 0 Å². The summed E-state index contributed by atoms with van der Waals surface area (Å²) in [6.07, 6.45) is 3.28. The maximum Gasteiger partial charge on any atom is 0.133 e. The van der Waals surface area contributed by atoms with Gasteiger partial charge in [0.25, 0.3) is 0 Å². The first-order valence-electron chi connectivity index (χ1n) is 5.52. The molecule has 0 atom stereocenters. The molecule has 0 radical (unpaired) electrons. The lowest BCUT2D eigenvalue weighted by molar-refractivity contribution is 0.530. The molecule has 0 amide bonds. The molecule has 0 aliphatic heterocycles. The summed E-state index contributed by atoms with van der Waals surface area (Å²) in [6.45, 7) is 4.94. The standard InChI is InChI=1S/C12H15N3OS/c1-3-13-11-9(2)12(15-8-14-11)17-7-10-5-4-6-16-10/h4-6,8H,3,7H2,1-2H3,(H,13,14,15). The van der Waals surface area contributed by atoms with Crippen LogP contribution in [0.4, 0.5) is 5.82 Å². The van der Waals surface area contributed by atoms with Crippen LogP contribution in [0.2, 0.25) is 0 Å². The number of anilines is 1. The van der Waals surface area contributed by atoms with Crippen molar-refractivity contribution in [1.82, 2.24) is 9.97 Å². The van der Waals surface area contributed by atoms with E-state index < -0.39 is 0 Å². The Morgan fingerprint density at radius 1 is 1.41 bits per heavy atom. The number of hydrogen-bond acceptors (Lipinski definition) is 5. The number of aromatic nitrogens is 2. The maximum atomic E-state index is 5.29. The summed E-state index contributed by atoms with van der Waals surface area (Å²) in [5, 5.41) is 4.21. The van der Waals surface area contributed by atoms with Gasteiger partial charge in [-0.3, -0.25) is 0 Å². The summed E-state index contributed by atoms with van der Waals surface area (Å²) in [6, 6.07) is 3.86. The first-order chi connectivity index (χ1) is 8.31. The molecule has 5 heteroatoms. The van der Waals surface area contributed by atoms with Crippen molar-refractivity contribution in [1.29, 1.82) is 0 Å². The van der Waals surface area contributed by atoms with E-state index in [1.807, 2.05) is 19.1 Å². The van der Waals surface area contributed by atoms with Crippen molar-refractivity contribution in [3.05, 3.63) is 36.0 Å². The molecule has 1 N–H and O–H groups in total. The predicted octanol–water partition coefficient (Wildman–Crippen LogP) is 3.10. The number of nitrogens with zero attached hydrogens (tertiary/aromatic N) is 2. The van der Waals surface area contributed by atoms with Gasteiger partial charge in [-0.2, -0.15) is 0 Å². The Balaban J connectivity index is 2.07. The van der Waals surface area contributed by atoms with E-state index in [4.69, 9.17) is 4.42 Å². The molecular formula is C12H15N3OS. The van der Waals surface area contributed by atoms with E-state index in [2.05, 4.69) is 22.2 Å². The molecule has 2 aromatic heterocycles. The molecule has 0 aliphatic rings. The fourth-order valence-electron chi connectivity index (χ4n) is 1.46. The minimum Gasteiger partial charge on any atom is -0.468 e. The average Bonchev–Trinajstić information content (AvgIpc) is 2.83. The Hall–Kier alpha value is -1.49. The Kier molecular flexibility index (Phi) is 4.03. The quantitative estimate of drug-likeness (QED) is 0.652. The van der Waals surface area contributed by atoms with E-state index in [1.54, 1.807) is 24.4 Å². The highest BCUT2D eigenvalue weighted by atomic mass is 32.2. The summed E-state index contributed by atoms with van der Waals surface area (Å²) in [5.74, 6) is 2.65. The van der Waals surface area contributed by atoms with Crippen molar-refractivity contribution in [2.45, 2.75) is 24.6 Å². The van der Waals surface area contributed by atoms with Gasteiger partial charge in [0.1, 0.15) is 22.9 Å². The number of hydrogen-bond donors (Lipinski definition) is 1. The lowest BCUT2D eigenvalue weighted by Gasteiger charge is -2.08. The lowest BCUT2D eigenvalue weighted by atomic mass is 10.3. The molecule has 0 aliphatic carbocycles. The molecule has 17 heavy (non-hydrogen) atoms. The SMILES string of the molecule is CCNc1ncnc(SCc2ccco2)c1C. The molecule has 2 rings (SSSR count). The van der Waals surface area contributed by atoms with Crippen LogP contribution in [0.5, 0.6) is 0 Å². The molecule has 0 saturated heterocycles. The second kappa shape index (κ2) is 5.72. The zero-order valence-corrected chi connectivity index (χ0v) is 10.8. The van der Waals surface area contributed by atoms with Gasteiger partial charge >= 0.3 is 0 Å². The van der Waals surface area contributed by atoms with E-state index in [0.29, 0.717) is 0 Å². The summed E-state index contributed by atoms with van der Waals surface area (Å²) >= 11 is 1.66. The molecule has 0 saturated carbocycles. The van der Waals surface area contributed by atoms with Gasteiger partial charge in [-0.05, 0) is 26.0 Å². The second-order valence-corrected chi connectivity index (χ2v) is 4.51. The molecular weight excluding hydrogens is 234 g/mol. The minimum absolute atomic E-state index is 0.788. The Labute approximate surface area is 105 Å². The Morgan fingerprint density at radius 3 is 3.00 bits per heavy atom. The summed E-state index contributed by atoms with van der Waals surface area (Å²) in [4.78, 5) is 8.51. The normalized spacial score (nSPS) is 10.5. The molecule has 2 heterocycles. The Morgan fingerprint density at radius 2 is 2.29 bits per heavy atom. The number of thioether (sulfide) groups is 1. The van der Waals surface area contributed by atoms with Crippen LogP contribution in [-0.4, -0.2) is 16.5 Å². The van der Waals surface area contributed by atoms with Crippen LogP contribution in [0.15, 0.2) is 34.2 Å². The summed E-state index contributed by atoms with van der Waals surface area (Å²) in [7, 11) is 0. The zero-order chi connectivity index (χ0) is 12.1. The lowest BCUT2D eigenvalue weighted by Crippen LogP contribution is -2.03. The van der Waals surface area contributed by atoms with Gasteiger partial charge in [0.2, 0.25) is 0 Å². The third kappa shape index (κ3) is 3.00. The van der Waals surface area contributed by atoms with Crippen molar-refractivity contribution >= 4 is 17.6 Å². The molecule has 0 spiro atoms. The maximum absolute atomic E-state index is 5.29. The van der Waals surface area contributed by atoms with Crippen molar-refractivity contribution in [2.75, 3.05) is 11.9 Å². The van der Waals surface area contributed by atoms with Crippen LogP contribution >= 0.6 is 11.8 Å². The largest absolute Gasteiger partial charge is 0.468 e. The first kappa shape index (κ1) is 12.0.